The average molecular weight is 598 g/mol. The second-order valence-electron chi connectivity index (χ2n) is 7.53. The number of halogens is 1. The monoisotopic (exact) mass is 598 g/mol. The van der Waals surface area contributed by atoms with E-state index in [9.17, 15) is 9.59 Å². The molecule has 0 fully saturated rings. The molecule has 1 heterocycles. The number of amides is 2. The molecule has 2 amide bonds. The molecule has 178 valence electrons. The van der Waals surface area contributed by atoms with Gasteiger partial charge in [0.15, 0.2) is 11.0 Å². The topological polar surface area (TPSA) is 101 Å². The van der Waals surface area contributed by atoms with Gasteiger partial charge in [0.05, 0.1) is 12.3 Å². The fourth-order valence-electron chi connectivity index (χ4n) is 3.30. The molecule has 0 atom stereocenters. The Morgan fingerprint density at radius 3 is 2.31 bits per heavy atom. The Hall–Kier alpha value is -3.38. The zero-order valence-corrected chi connectivity index (χ0v) is 21.8. The van der Waals surface area contributed by atoms with Crippen LogP contribution in [-0.4, -0.2) is 32.3 Å². The van der Waals surface area contributed by atoms with Crippen LogP contribution in [0.25, 0.3) is 5.69 Å². The highest BCUT2D eigenvalue weighted by molar-refractivity contribution is 14.1. The van der Waals surface area contributed by atoms with E-state index in [0.29, 0.717) is 23.1 Å². The predicted octanol–water partition coefficient (Wildman–Crippen LogP) is 5.17. The molecule has 3 aromatic carbocycles. The fourth-order valence-corrected chi connectivity index (χ4v) is 4.43. The molecule has 0 aliphatic heterocycles. The summed E-state index contributed by atoms with van der Waals surface area (Å²) in [5, 5.41) is 18.3. The van der Waals surface area contributed by atoms with Gasteiger partial charge in [0.1, 0.15) is 0 Å². The van der Waals surface area contributed by atoms with Crippen molar-refractivity contribution in [2.45, 2.75) is 18.6 Å². The Morgan fingerprint density at radius 1 is 0.886 bits per heavy atom. The maximum absolute atomic E-state index is 12.6. The van der Waals surface area contributed by atoms with Crippen molar-refractivity contribution in [1.82, 2.24) is 14.8 Å². The summed E-state index contributed by atoms with van der Waals surface area (Å²) in [5.74, 6) is 0.535. The minimum absolute atomic E-state index is 0.153. The lowest BCUT2D eigenvalue weighted by Crippen LogP contribution is -2.15. The van der Waals surface area contributed by atoms with E-state index in [1.165, 1.54) is 22.3 Å². The van der Waals surface area contributed by atoms with E-state index in [4.69, 9.17) is 0 Å². The highest BCUT2D eigenvalue weighted by atomic mass is 127. The number of aromatic nitrogens is 3. The molecule has 1 aromatic heterocycles. The standard InChI is InChI=1S/C25H23IN6O2S/c1-17(33)28-20-6-5-7-21(14-20)29-24(34)16-35-25-31-30-23(32(25)22-8-3-2-4-9-22)15-27-19-12-10-18(26)11-13-19/h2-14,27H,15-16H2,1H3,(H,28,33)(H,29,34). The zero-order chi connectivity index (χ0) is 24.6. The van der Waals surface area contributed by atoms with Crippen molar-refractivity contribution in [2.24, 2.45) is 0 Å². The quantitative estimate of drug-likeness (QED) is 0.182. The number of nitrogens with zero attached hydrogens (tertiary/aromatic N) is 3. The number of hydrogen-bond acceptors (Lipinski definition) is 6. The molecular weight excluding hydrogens is 575 g/mol. The van der Waals surface area contributed by atoms with E-state index < -0.39 is 0 Å². The highest BCUT2D eigenvalue weighted by Gasteiger charge is 2.16. The van der Waals surface area contributed by atoms with Crippen LogP contribution >= 0.6 is 34.4 Å². The summed E-state index contributed by atoms with van der Waals surface area (Å²) < 4.78 is 3.12. The molecule has 0 unspecified atom stereocenters. The maximum atomic E-state index is 12.6. The van der Waals surface area contributed by atoms with Crippen LogP contribution in [0.15, 0.2) is 84.0 Å². The van der Waals surface area contributed by atoms with Crippen LogP contribution in [0, 0.1) is 3.57 Å². The van der Waals surface area contributed by atoms with Gasteiger partial charge in [-0.25, -0.2) is 0 Å². The minimum Gasteiger partial charge on any atom is -0.378 e. The lowest BCUT2D eigenvalue weighted by molar-refractivity contribution is -0.114. The van der Waals surface area contributed by atoms with Crippen LogP contribution in [0.5, 0.6) is 0 Å². The first-order valence-corrected chi connectivity index (χ1v) is 12.8. The van der Waals surface area contributed by atoms with Gasteiger partial charge in [0, 0.05) is 33.2 Å². The second-order valence-corrected chi connectivity index (χ2v) is 9.72. The van der Waals surface area contributed by atoms with Gasteiger partial charge in [-0.15, -0.1) is 10.2 Å². The Bertz CT molecular complexity index is 1310. The van der Waals surface area contributed by atoms with Gasteiger partial charge in [-0.05, 0) is 77.2 Å². The Kier molecular flexibility index (Phi) is 8.37. The van der Waals surface area contributed by atoms with Gasteiger partial charge < -0.3 is 16.0 Å². The van der Waals surface area contributed by atoms with Crippen molar-refractivity contribution < 1.29 is 9.59 Å². The van der Waals surface area contributed by atoms with Gasteiger partial charge in [-0.1, -0.05) is 36.0 Å². The first-order chi connectivity index (χ1) is 17.0. The third-order valence-electron chi connectivity index (χ3n) is 4.81. The van der Waals surface area contributed by atoms with E-state index in [1.54, 1.807) is 24.3 Å². The van der Waals surface area contributed by atoms with Crippen LogP contribution < -0.4 is 16.0 Å². The second kappa shape index (κ2) is 11.8. The number of thioether (sulfide) groups is 1. The maximum Gasteiger partial charge on any atom is 0.234 e. The summed E-state index contributed by atoms with van der Waals surface area (Å²) in [6, 6.07) is 25.0. The van der Waals surface area contributed by atoms with Crippen LogP contribution in [0.2, 0.25) is 0 Å². The molecule has 0 aliphatic carbocycles. The minimum atomic E-state index is -0.184. The lowest BCUT2D eigenvalue weighted by Gasteiger charge is -2.12. The number of anilines is 3. The van der Waals surface area contributed by atoms with Crippen LogP contribution in [-0.2, 0) is 16.1 Å². The lowest BCUT2D eigenvalue weighted by atomic mass is 10.2. The molecule has 0 saturated heterocycles. The van der Waals surface area contributed by atoms with E-state index in [0.717, 1.165) is 17.2 Å². The van der Waals surface area contributed by atoms with Crippen LogP contribution in [0.1, 0.15) is 12.7 Å². The third kappa shape index (κ3) is 7.06. The Balaban J connectivity index is 1.45. The van der Waals surface area contributed by atoms with E-state index >= 15 is 0 Å². The van der Waals surface area contributed by atoms with Gasteiger partial charge >= 0.3 is 0 Å². The molecule has 8 nitrogen and oxygen atoms in total. The number of hydrogen-bond donors (Lipinski definition) is 3. The first-order valence-electron chi connectivity index (χ1n) is 10.8. The number of carbonyl (C=O) groups is 2. The summed E-state index contributed by atoms with van der Waals surface area (Å²) in [5.41, 5.74) is 3.14. The third-order valence-corrected chi connectivity index (χ3v) is 6.46. The largest absolute Gasteiger partial charge is 0.378 e. The normalized spacial score (nSPS) is 10.6. The van der Waals surface area contributed by atoms with Crippen LogP contribution in [0.3, 0.4) is 0 Å². The molecule has 0 radical (unpaired) electrons. The summed E-state index contributed by atoms with van der Waals surface area (Å²) in [4.78, 5) is 23.9. The highest BCUT2D eigenvalue weighted by Crippen LogP contribution is 2.23. The molecule has 3 N–H and O–H groups in total. The SMILES string of the molecule is CC(=O)Nc1cccc(NC(=O)CSc2nnc(CNc3ccc(I)cc3)n2-c2ccccc2)c1. The van der Waals surface area contributed by atoms with E-state index in [1.807, 2.05) is 59.2 Å². The summed E-state index contributed by atoms with van der Waals surface area (Å²) in [6.07, 6.45) is 0. The zero-order valence-electron chi connectivity index (χ0n) is 18.9. The Morgan fingerprint density at radius 2 is 1.60 bits per heavy atom. The number of carbonyl (C=O) groups excluding carboxylic acids is 2. The van der Waals surface area contributed by atoms with Crippen molar-refractivity contribution >= 4 is 63.2 Å². The van der Waals surface area contributed by atoms with Crippen molar-refractivity contribution in [3.8, 4) is 5.69 Å². The van der Waals surface area contributed by atoms with Crippen LogP contribution in [0.4, 0.5) is 17.1 Å². The molecule has 0 aliphatic rings. The number of nitrogens with one attached hydrogen (secondary N) is 3. The van der Waals surface area contributed by atoms with Crippen molar-refractivity contribution in [2.75, 3.05) is 21.7 Å². The van der Waals surface area contributed by atoms with Gasteiger partial charge in [0.25, 0.3) is 0 Å². The molecular formula is C25H23IN6O2S. The first kappa shape index (κ1) is 24.7. The molecule has 0 saturated carbocycles. The molecule has 35 heavy (non-hydrogen) atoms. The number of benzene rings is 3. The molecule has 10 heteroatoms. The van der Waals surface area contributed by atoms with Crippen molar-refractivity contribution in [3.05, 3.63) is 88.3 Å². The summed E-state index contributed by atoms with van der Waals surface area (Å²) >= 11 is 3.58. The van der Waals surface area contributed by atoms with Gasteiger partial charge in [-0.2, -0.15) is 0 Å². The predicted molar refractivity (Wildman–Crippen MR) is 148 cm³/mol. The molecule has 0 bridgehead atoms. The Labute approximate surface area is 221 Å². The van der Waals surface area contributed by atoms with Crippen molar-refractivity contribution in [3.63, 3.8) is 0 Å². The smallest absolute Gasteiger partial charge is 0.234 e. The number of para-hydroxylation sites is 1. The summed E-state index contributed by atoms with van der Waals surface area (Å²) in [6.45, 7) is 1.92. The number of rotatable bonds is 9. The van der Waals surface area contributed by atoms with E-state index in [-0.39, 0.29) is 17.6 Å². The van der Waals surface area contributed by atoms with Gasteiger partial charge in [-0.3, -0.25) is 14.2 Å². The average Bonchev–Trinajstić information content (AvgIpc) is 3.25. The van der Waals surface area contributed by atoms with Gasteiger partial charge in [0.2, 0.25) is 11.8 Å². The van der Waals surface area contributed by atoms with E-state index in [2.05, 4.69) is 48.7 Å². The fraction of sp³-hybridized carbons (Fsp3) is 0.120. The van der Waals surface area contributed by atoms with Crippen molar-refractivity contribution in [1.29, 1.82) is 0 Å². The molecule has 4 aromatic rings. The molecule has 0 spiro atoms. The molecule has 4 rings (SSSR count). The summed E-state index contributed by atoms with van der Waals surface area (Å²) in [7, 11) is 0.